The van der Waals surface area contributed by atoms with E-state index in [0.29, 0.717) is 24.7 Å². The first-order chi connectivity index (χ1) is 8.79. The molecule has 0 unspecified atom stereocenters. The van der Waals surface area contributed by atoms with Gasteiger partial charge in [0.15, 0.2) is 0 Å². The van der Waals surface area contributed by atoms with E-state index in [1.807, 2.05) is 27.7 Å². The van der Waals surface area contributed by atoms with Crippen molar-refractivity contribution >= 4 is 27.7 Å². The Morgan fingerprint density at radius 1 is 1.53 bits per heavy atom. The fourth-order valence-corrected chi connectivity index (χ4v) is 2.11. The van der Waals surface area contributed by atoms with Crippen molar-refractivity contribution in [1.82, 2.24) is 4.98 Å². The number of ether oxygens (including phenoxy) is 2. The van der Waals surface area contributed by atoms with Crippen LogP contribution in [0, 0.1) is 6.92 Å². The molecule has 1 aliphatic heterocycles. The summed E-state index contributed by atoms with van der Waals surface area (Å²) in [5, 5.41) is 0. The Labute approximate surface area is 121 Å². The number of aromatic nitrogens is 1. The summed E-state index contributed by atoms with van der Waals surface area (Å²) in [4.78, 5) is 18.0. The number of amides is 1. The summed E-state index contributed by atoms with van der Waals surface area (Å²) in [6.07, 6.45) is 1.30. The zero-order valence-electron chi connectivity index (χ0n) is 11.5. The van der Waals surface area contributed by atoms with Crippen LogP contribution >= 0.6 is 15.9 Å². The summed E-state index contributed by atoms with van der Waals surface area (Å²) in [6, 6.07) is 0. The molecule has 2 rings (SSSR count). The molecule has 1 amide bonds. The van der Waals surface area contributed by atoms with Gasteiger partial charge in [-0.15, -0.1) is 0 Å². The van der Waals surface area contributed by atoms with Gasteiger partial charge in [-0.05, 0) is 49.2 Å². The minimum Gasteiger partial charge on any atom is -0.474 e. The fraction of sp³-hybridized carbons (Fsp3) is 0.538. The molecule has 0 atom stereocenters. The van der Waals surface area contributed by atoms with Gasteiger partial charge in [-0.2, -0.15) is 0 Å². The van der Waals surface area contributed by atoms with Gasteiger partial charge in [0.25, 0.3) is 0 Å². The molecule has 0 bridgehead atoms. The average Bonchev–Trinajstić information content (AvgIpc) is 2.31. The van der Waals surface area contributed by atoms with Crippen molar-refractivity contribution in [2.24, 2.45) is 0 Å². The van der Waals surface area contributed by atoms with E-state index in [-0.39, 0.29) is 6.09 Å². The molecule has 2 heterocycles. The Hall–Kier alpha value is -1.30. The topological polar surface area (TPSA) is 51.7 Å². The third-order valence-electron chi connectivity index (χ3n) is 2.65. The van der Waals surface area contributed by atoms with E-state index < -0.39 is 5.60 Å². The van der Waals surface area contributed by atoms with Crippen LogP contribution in [-0.4, -0.2) is 29.8 Å². The van der Waals surface area contributed by atoms with Crippen LogP contribution in [-0.2, 0) is 4.74 Å². The van der Waals surface area contributed by atoms with Crippen LogP contribution in [0.2, 0.25) is 0 Å². The second-order valence-corrected chi connectivity index (χ2v) is 6.22. The van der Waals surface area contributed by atoms with Crippen molar-refractivity contribution in [2.75, 3.05) is 18.1 Å². The Kier molecular flexibility index (Phi) is 3.71. The summed E-state index contributed by atoms with van der Waals surface area (Å²) in [6.45, 7) is 8.33. The van der Waals surface area contributed by atoms with Crippen molar-refractivity contribution in [3.05, 3.63) is 16.2 Å². The van der Waals surface area contributed by atoms with Crippen LogP contribution in [0.4, 0.5) is 10.5 Å². The molecule has 104 valence electrons. The largest absolute Gasteiger partial charge is 0.474 e. The minimum atomic E-state index is -0.525. The SMILES string of the molecule is Cc1c(Br)cnc2c1N(C(=O)OC(C)(C)C)CCO2. The monoisotopic (exact) mass is 328 g/mol. The minimum absolute atomic E-state index is 0.375. The first kappa shape index (κ1) is 14.1. The number of halogens is 1. The molecule has 0 aromatic carbocycles. The van der Waals surface area contributed by atoms with Gasteiger partial charge < -0.3 is 9.47 Å². The highest BCUT2D eigenvalue weighted by Crippen LogP contribution is 2.37. The van der Waals surface area contributed by atoms with Crippen LogP contribution in [0.3, 0.4) is 0 Å². The average molecular weight is 329 g/mol. The Balaban J connectivity index is 2.37. The number of carbonyl (C=O) groups excluding carboxylic acids is 1. The molecule has 1 aromatic heterocycles. The number of nitrogens with zero attached hydrogens (tertiary/aromatic N) is 2. The smallest absolute Gasteiger partial charge is 0.415 e. The number of fused-ring (bicyclic) bond motifs is 1. The van der Waals surface area contributed by atoms with Gasteiger partial charge in [-0.3, -0.25) is 4.90 Å². The molecule has 0 spiro atoms. The van der Waals surface area contributed by atoms with Gasteiger partial charge in [-0.1, -0.05) is 0 Å². The molecule has 0 radical (unpaired) electrons. The lowest BCUT2D eigenvalue weighted by Crippen LogP contribution is -2.42. The molecule has 0 saturated heterocycles. The standard InChI is InChI=1S/C13H17BrN2O3/c1-8-9(14)7-15-11-10(8)16(5-6-18-11)12(17)19-13(2,3)4/h7H,5-6H2,1-4H3. The first-order valence-corrected chi connectivity index (χ1v) is 6.87. The third kappa shape index (κ3) is 3.00. The van der Waals surface area contributed by atoms with E-state index >= 15 is 0 Å². The Morgan fingerprint density at radius 3 is 2.84 bits per heavy atom. The number of rotatable bonds is 0. The first-order valence-electron chi connectivity index (χ1n) is 6.08. The maximum Gasteiger partial charge on any atom is 0.415 e. The molecule has 0 aliphatic carbocycles. The van der Waals surface area contributed by atoms with Crippen LogP contribution in [0.1, 0.15) is 26.3 Å². The zero-order valence-corrected chi connectivity index (χ0v) is 13.1. The lowest BCUT2D eigenvalue weighted by molar-refractivity contribution is 0.0566. The van der Waals surface area contributed by atoms with E-state index in [0.717, 1.165) is 10.0 Å². The fourth-order valence-electron chi connectivity index (χ4n) is 1.82. The van der Waals surface area contributed by atoms with Gasteiger partial charge in [0.2, 0.25) is 5.88 Å². The summed E-state index contributed by atoms with van der Waals surface area (Å²) >= 11 is 3.42. The molecular formula is C13H17BrN2O3. The molecule has 19 heavy (non-hydrogen) atoms. The molecule has 6 heteroatoms. The number of anilines is 1. The maximum absolute atomic E-state index is 12.2. The highest BCUT2D eigenvalue weighted by Gasteiger charge is 2.30. The third-order valence-corrected chi connectivity index (χ3v) is 3.45. The van der Waals surface area contributed by atoms with Crippen LogP contribution in [0.5, 0.6) is 5.88 Å². The lowest BCUT2D eigenvalue weighted by atomic mass is 10.2. The molecule has 0 saturated carbocycles. The second kappa shape index (κ2) is 5.00. The van der Waals surface area contributed by atoms with Crippen molar-refractivity contribution < 1.29 is 14.3 Å². The van der Waals surface area contributed by atoms with Crippen molar-refractivity contribution in [3.8, 4) is 5.88 Å². The lowest BCUT2D eigenvalue weighted by Gasteiger charge is -2.32. The van der Waals surface area contributed by atoms with E-state index in [2.05, 4.69) is 20.9 Å². The molecule has 1 aliphatic rings. The van der Waals surface area contributed by atoms with Crippen LogP contribution in [0.15, 0.2) is 10.7 Å². The molecule has 0 fully saturated rings. The second-order valence-electron chi connectivity index (χ2n) is 5.37. The number of hydrogen-bond acceptors (Lipinski definition) is 4. The normalized spacial score (nSPS) is 14.7. The Morgan fingerprint density at radius 2 is 2.21 bits per heavy atom. The van der Waals surface area contributed by atoms with E-state index in [4.69, 9.17) is 9.47 Å². The predicted molar refractivity (Wildman–Crippen MR) is 75.7 cm³/mol. The van der Waals surface area contributed by atoms with E-state index in [1.54, 1.807) is 11.1 Å². The van der Waals surface area contributed by atoms with Crippen LogP contribution in [0.25, 0.3) is 0 Å². The van der Waals surface area contributed by atoms with Gasteiger partial charge in [0, 0.05) is 10.7 Å². The summed E-state index contributed by atoms with van der Waals surface area (Å²) < 4.78 is 11.7. The summed E-state index contributed by atoms with van der Waals surface area (Å²) in [5.74, 6) is 0.470. The molecular weight excluding hydrogens is 312 g/mol. The van der Waals surface area contributed by atoms with Crippen molar-refractivity contribution in [1.29, 1.82) is 0 Å². The number of pyridine rings is 1. The van der Waals surface area contributed by atoms with E-state index in [1.165, 1.54) is 0 Å². The van der Waals surface area contributed by atoms with Crippen molar-refractivity contribution in [2.45, 2.75) is 33.3 Å². The van der Waals surface area contributed by atoms with Gasteiger partial charge >= 0.3 is 6.09 Å². The van der Waals surface area contributed by atoms with Gasteiger partial charge in [0.1, 0.15) is 17.9 Å². The summed E-state index contributed by atoms with van der Waals surface area (Å²) in [5.41, 5.74) is 1.06. The number of hydrogen-bond donors (Lipinski definition) is 0. The highest BCUT2D eigenvalue weighted by atomic mass is 79.9. The van der Waals surface area contributed by atoms with Crippen LogP contribution < -0.4 is 9.64 Å². The van der Waals surface area contributed by atoms with Gasteiger partial charge in [0.05, 0.1) is 6.54 Å². The van der Waals surface area contributed by atoms with Gasteiger partial charge in [-0.25, -0.2) is 9.78 Å². The zero-order chi connectivity index (χ0) is 14.2. The van der Waals surface area contributed by atoms with Crippen molar-refractivity contribution in [3.63, 3.8) is 0 Å². The predicted octanol–water partition coefficient (Wildman–Crippen LogP) is 3.29. The van der Waals surface area contributed by atoms with E-state index in [9.17, 15) is 4.79 Å². The Bertz CT molecular complexity index is 511. The quantitative estimate of drug-likeness (QED) is 0.733. The highest BCUT2D eigenvalue weighted by molar-refractivity contribution is 9.10. The molecule has 1 aromatic rings. The maximum atomic E-state index is 12.2. The molecule has 5 nitrogen and oxygen atoms in total. The molecule has 0 N–H and O–H groups in total. The number of carbonyl (C=O) groups is 1. The summed E-state index contributed by atoms with van der Waals surface area (Å²) in [7, 11) is 0.